The molecule has 5 nitrogen and oxygen atoms in total. The molecular formula is C17H18N4O. The zero-order chi connectivity index (χ0) is 15.4. The van der Waals surface area contributed by atoms with Crippen LogP contribution in [-0.4, -0.2) is 22.1 Å². The number of aryl methyl sites for hydroxylation is 1. The molecule has 0 atom stereocenters. The molecular weight excluding hydrogens is 276 g/mol. The summed E-state index contributed by atoms with van der Waals surface area (Å²) in [4.78, 5) is 16.2. The van der Waals surface area contributed by atoms with Crippen LogP contribution in [0.5, 0.6) is 0 Å². The Morgan fingerprint density at radius 1 is 1.18 bits per heavy atom. The molecule has 1 aromatic carbocycles. The standard InChI is InChI=1S/C17H18N4O/c1-21-12-9-14-15(6-4-7-16(14)21)20-17(22)19-11-8-13-5-2-3-10-18-13/h2-7,9-10,12H,8,11H2,1H3,(H2,19,20,22). The Kier molecular flexibility index (Phi) is 4.05. The molecule has 2 aromatic heterocycles. The topological polar surface area (TPSA) is 59.0 Å². The molecule has 0 saturated carbocycles. The first kappa shape index (κ1) is 14.1. The predicted molar refractivity (Wildman–Crippen MR) is 87.9 cm³/mol. The minimum atomic E-state index is -0.202. The molecule has 0 radical (unpaired) electrons. The van der Waals surface area contributed by atoms with Crippen LogP contribution in [0.2, 0.25) is 0 Å². The van der Waals surface area contributed by atoms with Crippen LogP contribution in [0.1, 0.15) is 5.69 Å². The summed E-state index contributed by atoms with van der Waals surface area (Å²) in [7, 11) is 1.99. The summed E-state index contributed by atoms with van der Waals surface area (Å²) in [6.45, 7) is 0.549. The van der Waals surface area contributed by atoms with Crippen molar-refractivity contribution in [2.24, 2.45) is 7.05 Å². The van der Waals surface area contributed by atoms with E-state index in [-0.39, 0.29) is 6.03 Å². The number of rotatable bonds is 4. The van der Waals surface area contributed by atoms with Crippen LogP contribution in [0, 0.1) is 0 Å². The Hall–Kier alpha value is -2.82. The Morgan fingerprint density at radius 3 is 2.91 bits per heavy atom. The molecule has 3 rings (SSSR count). The van der Waals surface area contributed by atoms with Crippen molar-refractivity contribution in [1.29, 1.82) is 0 Å². The second kappa shape index (κ2) is 6.30. The number of carbonyl (C=O) groups excluding carboxylic acids is 1. The molecule has 0 unspecified atom stereocenters. The molecule has 5 heteroatoms. The van der Waals surface area contributed by atoms with E-state index in [1.165, 1.54) is 0 Å². The number of pyridine rings is 1. The van der Waals surface area contributed by atoms with Crippen molar-refractivity contribution in [1.82, 2.24) is 14.9 Å². The fourth-order valence-electron chi connectivity index (χ4n) is 2.43. The number of hydrogen-bond donors (Lipinski definition) is 2. The van der Waals surface area contributed by atoms with E-state index >= 15 is 0 Å². The number of fused-ring (bicyclic) bond motifs is 1. The van der Waals surface area contributed by atoms with Gasteiger partial charge in [-0.1, -0.05) is 12.1 Å². The highest BCUT2D eigenvalue weighted by molar-refractivity contribution is 6.00. The summed E-state index contributed by atoms with van der Waals surface area (Å²) in [5.41, 5.74) is 2.87. The minimum Gasteiger partial charge on any atom is -0.350 e. The molecule has 3 aromatic rings. The highest BCUT2D eigenvalue weighted by Gasteiger charge is 2.07. The van der Waals surface area contributed by atoms with Crippen molar-refractivity contribution in [2.75, 3.05) is 11.9 Å². The normalized spacial score (nSPS) is 10.6. The van der Waals surface area contributed by atoms with Gasteiger partial charge in [0.15, 0.2) is 0 Å². The summed E-state index contributed by atoms with van der Waals surface area (Å²) in [6, 6.07) is 13.4. The molecule has 2 N–H and O–H groups in total. The van der Waals surface area contributed by atoms with Crippen molar-refractivity contribution in [3.05, 3.63) is 60.6 Å². The van der Waals surface area contributed by atoms with Gasteiger partial charge >= 0.3 is 6.03 Å². The van der Waals surface area contributed by atoms with Crippen LogP contribution in [0.4, 0.5) is 10.5 Å². The molecule has 22 heavy (non-hydrogen) atoms. The van der Waals surface area contributed by atoms with Gasteiger partial charge in [0, 0.05) is 49.0 Å². The van der Waals surface area contributed by atoms with Gasteiger partial charge < -0.3 is 15.2 Å². The predicted octanol–water partition coefficient (Wildman–Crippen LogP) is 2.94. The van der Waals surface area contributed by atoms with Crippen LogP contribution in [0.15, 0.2) is 54.9 Å². The van der Waals surface area contributed by atoms with E-state index in [2.05, 4.69) is 15.6 Å². The second-order valence-electron chi connectivity index (χ2n) is 5.12. The van der Waals surface area contributed by atoms with Crippen molar-refractivity contribution >= 4 is 22.6 Å². The zero-order valence-electron chi connectivity index (χ0n) is 12.4. The summed E-state index contributed by atoms with van der Waals surface area (Å²) in [5.74, 6) is 0. The third-order valence-electron chi connectivity index (χ3n) is 3.57. The Balaban J connectivity index is 1.59. The Labute approximate surface area is 129 Å². The van der Waals surface area contributed by atoms with E-state index in [4.69, 9.17) is 0 Å². The molecule has 0 aliphatic heterocycles. The van der Waals surface area contributed by atoms with E-state index in [1.807, 2.05) is 60.3 Å². The van der Waals surface area contributed by atoms with Gasteiger partial charge in [-0.3, -0.25) is 4.98 Å². The third kappa shape index (κ3) is 3.09. The first-order chi connectivity index (χ1) is 10.7. The van der Waals surface area contributed by atoms with Crippen LogP contribution in [-0.2, 0) is 13.5 Å². The quantitative estimate of drug-likeness (QED) is 0.777. The third-order valence-corrected chi connectivity index (χ3v) is 3.57. The average molecular weight is 294 g/mol. The first-order valence-corrected chi connectivity index (χ1v) is 7.23. The van der Waals surface area contributed by atoms with Crippen molar-refractivity contribution in [2.45, 2.75) is 6.42 Å². The summed E-state index contributed by atoms with van der Waals surface area (Å²) < 4.78 is 2.03. The number of aromatic nitrogens is 2. The maximum absolute atomic E-state index is 12.0. The molecule has 0 bridgehead atoms. The zero-order valence-corrected chi connectivity index (χ0v) is 12.4. The van der Waals surface area contributed by atoms with Crippen molar-refractivity contribution in [3.63, 3.8) is 0 Å². The lowest BCUT2D eigenvalue weighted by Gasteiger charge is -2.09. The minimum absolute atomic E-state index is 0.202. The van der Waals surface area contributed by atoms with E-state index in [1.54, 1.807) is 6.20 Å². The summed E-state index contributed by atoms with van der Waals surface area (Å²) in [6.07, 6.45) is 4.45. The number of benzene rings is 1. The monoisotopic (exact) mass is 294 g/mol. The molecule has 2 amide bonds. The van der Waals surface area contributed by atoms with Crippen molar-refractivity contribution < 1.29 is 4.79 Å². The summed E-state index contributed by atoms with van der Waals surface area (Å²) >= 11 is 0. The lowest BCUT2D eigenvalue weighted by Crippen LogP contribution is -2.30. The maximum atomic E-state index is 12.0. The molecule has 0 aliphatic carbocycles. The van der Waals surface area contributed by atoms with Crippen LogP contribution >= 0.6 is 0 Å². The van der Waals surface area contributed by atoms with Gasteiger partial charge in [0.1, 0.15) is 0 Å². The Morgan fingerprint density at radius 2 is 2.09 bits per heavy atom. The molecule has 0 spiro atoms. The first-order valence-electron chi connectivity index (χ1n) is 7.23. The van der Waals surface area contributed by atoms with Gasteiger partial charge in [-0.2, -0.15) is 0 Å². The van der Waals surface area contributed by atoms with E-state index in [9.17, 15) is 4.79 Å². The second-order valence-corrected chi connectivity index (χ2v) is 5.12. The molecule has 0 aliphatic rings. The van der Waals surface area contributed by atoms with Gasteiger partial charge in [0.25, 0.3) is 0 Å². The number of hydrogen-bond acceptors (Lipinski definition) is 2. The Bertz CT molecular complexity index is 780. The molecule has 0 saturated heterocycles. The largest absolute Gasteiger partial charge is 0.350 e. The SMILES string of the molecule is Cn1ccc2c(NC(=O)NCCc3ccccn3)cccc21. The van der Waals surface area contributed by atoms with Gasteiger partial charge in [-0.25, -0.2) is 4.79 Å². The summed E-state index contributed by atoms with van der Waals surface area (Å²) in [5, 5.41) is 6.79. The highest BCUT2D eigenvalue weighted by atomic mass is 16.2. The van der Waals surface area contributed by atoms with Crippen LogP contribution < -0.4 is 10.6 Å². The number of urea groups is 1. The molecule has 112 valence electrons. The number of anilines is 1. The van der Waals surface area contributed by atoms with Crippen LogP contribution in [0.25, 0.3) is 10.9 Å². The van der Waals surface area contributed by atoms with Crippen molar-refractivity contribution in [3.8, 4) is 0 Å². The van der Waals surface area contributed by atoms with E-state index < -0.39 is 0 Å². The smallest absolute Gasteiger partial charge is 0.319 e. The lowest BCUT2D eigenvalue weighted by molar-refractivity contribution is 0.252. The van der Waals surface area contributed by atoms with Gasteiger partial charge in [0.05, 0.1) is 5.69 Å². The van der Waals surface area contributed by atoms with Gasteiger partial charge in [-0.15, -0.1) is 0 Å². The highest BCUT2D eigenvalue weighted by Crippen LogP contribution is 2.23. The van der Waals surface area contributed by atoms with Gasteiger partial charge in [-0.05, 0) is 30.3 Å². The fourth-order valence-corrected chi connectivity index (χ4v) is 2.43. The number of amides is 2. The van der Waals surface area contributed by atoms with Gasteiger partial charge in [0.2, 0.25) is 0 Å². The number of nitrogens with one attached hydrogen (secondary N) is 2. The molecule has 0 fully saturated rings. The van der Waals surface area contributed by atoms with Crippen LogP contribution in [0.3, 0.4) is 0 Å². The number of nitrogens with zero attached hydrogens (tertiary/aromatic N) is 2. The van der Waals surface area contributed by atoms with E-state index in [0.29, 0.717) is 13.0 Å². The number of carbonyl (C=O) groups is 1. The maximum Gasteiger partial charge on any atom is 0.319 e. The van der Waals surface area contributed by atoms with E-state index in [0.717, 1.165) is 22.3 Å². The fraction of sp³-hybridized carbons (Fsp3) is 0.176. The lowest BCUT2D eigenvalue weighted by atomic mass is 10.2. The average Bonchev–Trinajstić information content (AvgIpc) is 2.91. The molecule has 2 heterocycles.